The van der Waals surface area contributed by atoms with E-state index in [1.54, 1.807) is 13.2 Å². The Kier molecular flexibility index (Phi) is 7.73. The number of benzene rings is 2. The SMILES string of the molecule is COc1ccccc1CNC(=O)CCC1N=C2c3ccccc3N=C(SCC(=O)Nc3cc(C)[nH]n3)N2C1=O. The second kappa shape index (κ2) is 11.5. The molecular weight excluding hydrogens is 518 g/mol. The number of thioether (sulfide) groups is 1. The van der Waals surface area contributed by atoms with Gasteiger partial charge in [-0.15, -0.1) is 0 Å². The minimum Gasteiger partial charge on any atom is -0.496 e. The number of hydrogen-bond donors (Lipinski definition) is 3. The fourth-order valence-corrected chi connectivity index (χ4v) is 5.08. The molecule has 3 N–H and O–H groups in total. The minimum absolute atomic E-state index is 0.0278. The second-order valence-corrected chi connectivity index (χ2v) is 9.90. The molecule has 0 radical (unpaired) electrons. The zero-order valence-corrected chi connectivity index (χ0v) is 22.2. The molecule has 3 aromatic rings. The number of aromatic amines is 1. The van der Waals surface area contributed by atoms with Gasteiger partial charge in [0, 0.05) is 35.9 Å². The highest BCUT2D eigenvalue weighted by molar-refractivity contribution is 8.14. The number of aromatic nitrogens is 2. The summed E-state index contributed by atoms with van der Waals surface area (Å²) in [5, 5.41) is 12.8. The first-order valence-corrected chi connectivity index (χ1v) is 13.3. The summed E-state index contributed by atoms with van der Waals surface area (Å²) in [5.41, 5.74) is 3.09. The van der Waals surface area contributed by atoms with Gasteiger partial charge in [0.2, 0.25) is 11.8 Å². The number of rotatable bonds is 9. The number of anilines is 1. The van der Waals surface area contributed by atoms with Crippen LogP contribution in [0.25, 0.3) is 0 Å². The van der Waals surface area contributed by atoms with Crippen molar-refractivity contribution in [3.8, 4) is 5.75 Å². The molecule has 2 aromatic carbocycles. The first-order valence-electron chi connectivity index (χ1n) is 12.4. The molecule has 0 saturated heterocycles. The number of hydrogen-bond acceptors (Lipinski definition) is 8. The minimum atomic E-state index is -0.727. The van der Waals surface area contributed by atoms with Gasteiger partial charge in [-0.05, 0) is 31.5 Å². The highest BCUT2D eigenvalue weighted by Crippen LogP contribution is 2.34. The van der Waals surface area contributed by atoms with E-state index in [1.807, 2.05) is 55.5 Å². The summed E-state index contributed by atoms with van der Waals surface area (Å²) in [6.07, 6.45) is 0.374. The molecule has 39 heavy (non-hydrogen) atoms. The molecule has 1 atom stereocenters. The summed E-state index contributed by atoms with van der Waals surface area (Å²) in [6, 6.07) is 15.9. The quantitative estimate of drug-likeness (QED) is 0.377. The molecule has 0 aliphatic carbocycles. The molecule has 11 nitrogen and oxygen atoms in total. The van der Waals surface area contributed by atoms with Crippen molar-refractivity contribution in [1.29, 1.82) is 0 Å². The average Bonchev–Trinajstić information content (AvgIpc) is 3.51. The van der Waals surface area contributed by atoms with Crippen molar-refractivity contribution in [2.75, 3.05) is 18.2 Å². The zero-order chi connectivity index (χ0) is 27.4. The highest BCUT2D eigenvalue weighted by Gasteiger charge is 2.41. The lowest BCUT2D eigenvalue weighted by molar-refractivity contribution is -0.125. The Bertz CT molecular complexity index is 1480. The number of H-pyrrole nitrogens is 1. The number of ether oxygens (including phenoxy) is 1. The van der Waals surface area contributed by atoms with Crippen molar-refractivity contribution in [2.45, 2.75) is 32.4 Å². The first kappa shape index (κ1) is 26.2. The largest absolute Gasteiger partial charge is 0.496 e. The number of amidine groups is 2. The van der Waals surface area contributed by atoms with Crippen molar-refractivity contribution in [3.05, 3.63) is 71.4 Å². The molecule has 0 fully saturated rings. The van der Waals surface area contributed by atoms with E-state index in [1.165, 1.54) is 4.90 Å². The Labute approximate surface area is 229 Å². The number of amides is 3. The topological polar surface area (TPSA) is 141 Å². The lowest BCUT2D eigenvalue weighted by atomic mass is 10.1. The number of carbonyl (C=O) groups is 3. The number of methoxy groups -OCH3 is 1. The maximum absolute atomic E-state index is 13.4. The van der Waals surface area contributed by atoms with Crippen LogP contribution in [0.2, 0.25) is 0 Å². The predicted octanol–water partition coefficient (Wildman–Crippen LogP) is 3.15. The normalized spacial score (nSPS) is 15.7. The summed E-state index contributed by atoms with van der Waals surface area (Å²) in [6.45, 7) is 2.16. The van der Waals surface area contributed by atoms with E-state index in [-0.39, 0.29) is 36.3 Å². The summed E-state index contributed by atoms with van der Waals surface area (Å²) < 4.78 is 5.33. The van der Waals surface area contributed by atoms with Gasteiger partial charge in [-0.25, -0.2) is 9.89 Å². The molecule has 3 amide bonds. The maximum Gasteiger partial charge on any atom is 0.259 e. The number of aliphatic imine (C=N–C) groups is 2. The number of aryl methyl sites for hydroxylation is 1. The van der Waals surface area contributed by atoms with Gasteiger partial charge in [0.25, 0.3) is 5.91 Å². The molecule has 200 valence electrons. The Morgan fingerprint density at radius 3 is 2.72 bits per heavy atom. The van der Waals surface area contributed by atoms with Crippen molar-refractivity contribution in [2.24, 2.45) is 9.98 Å². The van der Waals surface area contributed by atoms with Gasteiger partial charge < -0.3 is 15.4 Å². The van der Waals surface area contributed by atoms with E-state index >= 15 is 0 Å². The van der Waals surface area contributed by atoms with Gasteiger partial charge in [-0.2, -0.15) is 5.10 Å². The monoisotopic (exact) mass is 545 g/mol. The summed E-state index contributed by atoms with van der Waals surface area (Å²) in [7, 11) is 1.58. The van der Waals surface area contributed by atoms with Crippen molar-refractivity contribution < 1.29 is 19.1 Å². The molecule has 0 saturated carbocycles. The van der Waals surface area contributed by atoms with Crippen LogP contribution in [0, 0.1) is 6.92 Å². The third-order valence-electron chi connectivity index (χ3n) is 6.17. The number of nitrogens with zero attached hydrogens (tertiary/aromatic N) is 4. The maximum atomic E-state index is 13.4. The van der Waals surface area contributed by atoms with Gasteiger partial charge in [0.15, 0.2) is 11.0 Å². The van der Waals surface area contributed by atoms with Gasteiger partial charge >= 0.3 is 0 Å². The van der Waals surface area contributed by atoms with Crippen LogP contribution >= 0.6 is 11.8 Å². The molecule has 1 aromatic heterocycles. The van der Waals surface area contributed by atoms with Crippen LogP contribution in [0.5, 0.6) is 5.75 Å². The number of para-hydroxylation sites is 2. The molecular formula is C27H27N7O4S. The van der Waals surface area contributed by atoms with E-state index in [0.29, 0.717) is 34.8 Å². The van der Waals surface area contributed by atoms with Crippen molar-refractivity contribution in [1.82, 2.24) is 20.4 Å². The van der Waals surface area contributed by atoms with Crippen LogP contribution in [-0.2, 0) is 20.9 Å². The zero-order valence-electron chi connectivity index (χ0n) is 21.4. The standard InChI is InChI=1S/C27H27N7O4S/c1-16-13-22(33-32-16)31-24(36)15-39-27-30-19-9-5-4-8-18(19)25-29-20(26(37)34(25)27)11-12-23(35)28-14-17-7-3-6-10-21(17)38-2/h3-10,13,20H,11-12,14-15H2,1-2H3,(H,28,35)(H2,31,32,33,36). The lowest BCUT2D eigenvalue weighted by Crippen LogP contribution is -2.41. The van der Waals surface area contributed by atoms with Gasteiger partial charge in [-0.1, -0.05) is 42.1 Å². The second-order valence-electron chi connectivity index (χ2n) is 8.95. The Morgan fingerprint density at radius 2 is 1.92 bits per heavy atom. The van der Waals surface area contributed by atoms with E-state index in [0.717, 1.165) is 28.6 Å². The Morgan fingerprint density at radius 1 is 1.13 bits per heavy atom. The van der Waals surface area contributed by atoms with E-state index in [4.69, 9.17) is 4.74 Å². The Hall–Kier alpha value is -4.45. The van der Waals surface area contributed by atoms with Crippen LogP contribution in [0.4, 0.5) is 11.5 Å². The van der Waals surface area contributed by atoms with E-state index in [9.17, 15) is 14.4 Å². The summed E-state index contributed by atoms with van der Waals surface area (Å²) >= 11 is 1.14. The average molecular weight is 546 g/mol. The molecule has 3 heterocycles. The smallest absolute Gasteiger partial charge is 0.259 e. The van der Waals surface area contributed by atoms with Crippen LogP contribution in [0.3, 0.4) is 0 Å². The van der Waals surface area contributed by atoms with Crippen LogP contribution < -0.4 is 15.4 Å². The van der Waals surface area contributed by atoms with Gasteiger partial charge in [0.1, 0.15) is 17.6 Å². The summed E-state index contributed by atoms with van der Waals surface area (Å²) in [4.78, 5) is 49.3. The molecule has 5 rings (SSSR count). The van der Waals surface area contributed by atoms with E-state index < -0.39 is 6.04 Å². The fourth-order valence-electron chi connectivity index (χ4n) is 4.28. The van der Waals surface area contributed by atoms with Crippen molar-refractivity contribution >= 4 is 52.0 Å². The van der Waals surface area contributed by atoms with Crippen molar-refractivity contribution in [3.63, 3.8) is 0 Å². The van der Waals surface area contributed by atoms with Crippen LogP contribution in [0.1, 0.15) is 29.7 Å². The van der Waals surface area contributed by atoms with Crippen LogP contribution in [0.15, 0.2) is 64.6 Å². The number of fused-ring (bicyclic) bond motifs is 3. The van der Waals surface area contributed by atoms with Gasteiger partial charge in [-0.3, -0.25) is 24.5 Å². The molecule has 12 heteroatoms. The third kappa shape index (κ3) is 5.85. The lowest BCUT2D eigenvalue weighted by Gasteiger charge is -2.25. The summed E-state index contributed by atoms with van der Waals surface area (Å²) in [5.74, 6) is 0.900. The highest BCUT2D eigenvalue weighted by atomic mass is 32.2. The van der Waals surface area contributed by atoms with E-state index in [2.05, 4.69) is 30.8 Å². The van der Waals surface area contributed by atoms with Crippen LogP contribution in [-0.4, -0.2) is 62.7 Å². The molecule has 2 aliphatic heterocycles. The first-order chi connectivity index (χ1) is 18.9. The Balaban J connectivity index is 1.23. The predicted molar refractivity (Wildman–Crippen MR) is 149 cm³/mol. The fraction of sp³-hybridized carbons (Fsp3) is 0.259. The molecule has 2 aliphatic rings. The number of nitrogens with one attached hydrogen (secondary N) is 3. The van der Waals surface area contributed by atoms with Gasteiger partial charge in [0.05, 0.1) is 18.6 Å². The molecule has 0 bridgehead atoms. The molecule has 0 spiro atoms. The number of carbonyl (C=O) groups excluding carboxylic acids is 3. The molecule has 1 unspecified atom stereocenters. The third-order valence-corrected chi connectivity index (χ3v) is 7.11.